The van der Waals surface area contributed by atoms with Gasteiger partial charge in [-0.05, 0) is 32.9 Å². The van der Waals surface area contributed by atoms with Crippen LogP contribution in [0.1, 0.15) is 35.7 Å². The average molecular weight is 611 g/mol. The van der Waals surface area contributed by atoms with Gasteiger partial charge in [-0.25, -0.2) is 13.4 Å². The SMILES string of the molecule is Cc1noc(C)c1S(=O)(=O)N(C)C[C@@H]1Oc2c(NS(=O)(=O)c3cn(C)cn3)cccc2C(=O)N([C@H](C)CO)C[C@@H]1C. The number of carbonyl (C=O) groups is 1. The fourth-order valence-corrected chi connectivity index (χ4v) is 7.13. The Balaban J connectivity index is 1.78. The van der Waals surface area contributed by atoms with E-state index in [0.717, 1.165) is 4.31 Å². The number of imidazole rings is 1. The van der Waals surface area contributed by atoms with Gasteiger partial charge in [-0.3, -0.25) is 9.52 Å². The maximum absolute atomic E-state index is 13.7. The molecule has 3 atom stereocenters. The Kier molecular flexibility index (Phi) is 8.50. The number of nitrogens with one attached hydrogen (secondary N) is 1. The van der Waals surface area contributed by atoms with Gasteiger partial charge in [0.1, 0.15) is 16.7 Å². The van der Waals surface area contributed by atoms with Crippen molar-refractivity contribution >= 4 is 31.6 Å². The number of aliphatic hydroxyl groups excluding tert-OH is 1. The van der Waals surface area contributed by atoms with E-state index in [4.69, 9.17) is 9.26 Å². The molecule has 3 heterocycles. The number of likely N-dealkylation sites (N-methyl/N-ethyl adjacent to an activating group) is 1. The molecule has 14 nitrogen and oxygen atoms in total. The number of nitrogens with zero attached hydrogens (tertiary/aromatic N) is 5. The van der Waals surface area contributed by atoms with E-state index in [-0.39, 0.29) is 58.1 Å². The third-order valence-electron chi connectivity index (χ3n) is 6.97. The number of fused-ring (bicyclic) bond motifs is 1. The van der Waals surface area contributed by atoms with Gasteiger partial charge in [0, 0.05) is 32.8 Å². The summed E-state index contributed by atoms with van der Waals surface area (Å²) < 4.78 is 69.7. The van der Waals surface area contributed by atoms with Gasteiger partial charge < -0.3 is 23.8 Å². The summed E-state index contributed by atoms with van der Waals surface area (Å²) in [6.45, 7) is 6.19. The minimum Gasteiger partial charge on any atom is -0.486 e. The molecule has 2 N–H and O–H groups in total. The zero-order valence-electron chi connectivity index (χ0n) is 23.6. The van der Waals surface area contributed by atoms with Crippen molar-refractivity contribution in [1.82, 2.24) is 23.9 Å². The number of para-hydroxylation sites is 1. The van der Waals surface area contributed by atoms with Crippen LogP contribution in [0, 0.1) is 19.8 Å². The number of hydrogen-bond donors (Lipinski definition) is 2. The molecule has 0 saturated heterocycles. The van der Waals surface area contributed by atoms with E-state index in [1.54, 1.807) is 20.9 Å². The van der Waals surface area contributed by atoms with Crippen molar-refractivity contribution in [3.05, 3.63) is 47.7 Å². The number of hydrogen-bond acceptors (Lipinski definition) is 10. The second-order valence-electron chi connectivity index (χ2n) is 10.2. The molecular formula is C25H34N6O8S2. The number of aryl methyl sites for hydroxylation is 3. The van der Waals surface area contributed by atoms with Gasteiger partial charge in [0.2, 0.25) is 10.0 Å². The van der Waals surface area contributed by atoms with Crippen LogP contribution in [0.4, 0.5) is 5.69 Å². The molecule has 1 amide bonds. The van der Waals surface area contributed by atoms with E-state index in [9.17, 15) is 26.7 Å². The second kappa shape index (κ2) is 11.4. The summed E-state index contributed by atoms with van der Waals surface area (Å²) in [6, 6.07) is 3.87. The van der Waals surface area contributed by atoms with Crippen LogP contribution in [0.3, 0.4) is 0 Å². The van der Waals surface area contributed by atoms with E-state index >= 15 is 0 Å². The van der Waals surface area contributed by atoms with Gasteiger partial charge in [0.25, 0.3) is 15.9 Å². The van der Waals surface area contributed by atoms with Crippen molar-refractivity contribution in [3.8, 4) is 5.75 Å². The molecule has 41 heavy (non-hydrogen) atoms. The summed E-state index contributed by atoms with van der Waals surface area (Å²) in [5.74, 6) is -0.829. The lowest BCUT2D eigenvalue weighted by Crippen LogP contribution is -2.50. The minimum atomic E-state index is -4.17. The Morgan fingerprint density at radius 3 is 2.54 bits per heavy atom. The Hall–Kier alpha value is -3.47. The first kappa shape index (κ1) is 30.5. The Labute approximate surface area is 239 Å². The van der Waals surface area contributed by atoms with Crippen LogP contribution < -0.4 is 9.46 Å². The van der Waals surface area contributed by atoms with Crippen molar-refractivity contribution in [2.24, 2.45) is 13.0 Å². The van der Waals surface area contributed by atoms with Crippen LogP contribution in [0.5, 0.6) is 5.75 Å². The number of benzene rings is 1. The van der Waals surface area contributed by atoms with Gasteiger partial charge in [0.05, 0.1) is 36.8 Å². The molecule has 1 aromatic carbocycles. The van der Waals surface area contributed by atoms with Crippen LogP contribution >= 0.6 is 0 Å². The second-order valence-corrected chi connectivity index (χ2v) is 13.8. The molecule has 0 spiro atoms. The summed E-state index contributed by atoms with van der Waals surface area (Å²) in [7, 11) is -5.19. The number of rotatable bonds is 9. The van der Waals surface area contributed by atoms with Crippen LogP contribution in [-0.4, -0.2) is 90.7 Å². The zero-order valence-corrected chi connectivity index (χ0v) is 25.2. The molecule has 0 bridgehead atoms. The Morgan fingerprint density at radius 1 is 1.24 bits per heavy atom. The molecule has 1 aliphatic heterocycles. The summed E-state index contributed by atoms with van der Waals surface area (Å²) in [5.41, 5.74) is 0.249. The monoisotopic (exact) mass is 610 g/mol. The maximum Gasteiger partial charge on any atom is 0.281 e. The number of aromatic nitrogens is 3. The summed E-state index contributed by atoms with van der Waals surface area (Å²) in [5, 5.41) is 13.4. The van der Waals surface area contributed by atoms with Crippen molar-refractivity contribution in [2.75, 3.05) is 31.5 Å². The highest BCUT2D eigenvalue weighted by molar-refractivity contribution is 7.92. The molecule has 2 aromatic heterocycles. The fourth-order valence-electron chi connectivity index (χ4n) is 4.62. The van der Waals surface area contributed by atoms with Gasteiger partial charge >= 0.3 is 0 Å². The third-order valence-corrected chi connectivity index (χ3v) is 10.3. The van der Waals surface area contributed by atoms with Crippen molar-refractivity contribution in [1.29, 1.82) is 0 Å². The average Bonchev–Trinajstić information content (AvgIpc) is 3.50. The summed E-state index contributed by atoms with van der Waals surface area (Å²) in [6.07, 6.45) is 1.83. The standard InChI is InChI=1S/C25H34N6O8S2/c1-15-10-31(16(2)13-32)25(33)19-8-7-9-20(28-40(34,35)22-12-29(5)14-26-22)23(19)38-21(15)11-30(6)41(36,37)24-17(3)27-39-18(24)4/h7-9,12,14-16,21,28,32H,10-11,13H2,1-6H3/t15-,16+,21-/m0/s1. The lowest BCUT2D eigenvalue weighted by atomic mass is 9.99. The fraction of sp³-hybridized carbons (Fsp3) is 0.480. The molecule has 4 rings (SSSR count). The van der Waals surface area contributed by atoms with Crippen molar-refractivity contribution in [3.63, 3.8) is 0 Å². The molecule has 224 valence electrons. The molecule has 0 unspecified atom stereocenters. The first-order chi connectivity index (χ1) is 19.2. The molecule has 0 aliphatic carbocycles. The van der Waals surface area contributed by atoms with E-state index in [2.05, 4.69) is 14.9 Å². The smallest absolute Gasteiger partial charge is 0.281 e. The molecule has 0 radical (unpaired) electrons. The number of ether oxygens (including phenoxy) is 1. The van der Waals surface area contributed by atoms with Gasteiger partial charge in [-0.1, -0.05) is 18.1 Å². The molecule has 16 heteroatoms. The Morgan fingerprint density at radius 2 is 1.95 bits per heavy atom. The number of sulfonamides is 2. The van der Waals surface area contributed by atoms with Crippen LogP contribution in [-0.2, 0) is 27.1 Å². The van der Waals surface area contributed by atoms with E-state index < -0.39 is 44.0 Å². The number of amides is 1. The van der Waals surface area contributed by atoms with Gasteiger partial charge in [-0.2, -0.15) is 12.7 Å². The predicted octanol–water partition coefficient (Wildman–Crippen LogP) is 1.37. The summed E-state index contributed by atoms with van der Waals surface area (Å²) in [4.78, 5) is 19.0. The summed E-state index contributed by atoms with van der Waals surface area (Å²) >= 11 is 0. The first-order valence-electron chi connectivity index (χ1n) is 12.8. The lowest BCUT2D eigenvalue weighted by Gasteiger charge is -2.38. The zero-order chi connectivity index (χ0) is 30.3. The van der Waals surface area contributed by atoms with Crippen LogP contribution in [0.25, 0.3) is 0 Å². The largest absolute Gasteiger partial charge is 0.486 e. The predicted molar refractivity (Wildman–Crippen MR) is 147 cm³/mol. The van der Waals surface area contributed by atoms with Crippen molar-refractivity contribution < 1.29 is 36.0 Å². The topological polar surface area (TPSA) is 177 Å². The quantitative estimate of drug-likeness (QED) is 0.360. The molecule has 3 aromatic rings. The van der Waals surface area contributed by atoms with Crippen LogP contribution in [0.2, 0.25) is 0 Å². The number of carbonyl (C=O) groups excluding carboxylic acids is 1. The van der Waals surface area contributed by atoms with E-state index in [1.165, 1.54) is 61.1 Å². The molecular weight excluding hydrogens is 576 g/mol. The third kappa shape index (κ3) is 5.95. The molecule has 0 fully saturated rings. The molecule has 1 aliphatic rings. The highest BCUT2D eigenvalue weighted by Gasteiger charge is 2.37. The minimum absolute atomic E-state index is 0.0200. The van der Waals surface area contributed by atoms with E-state index in [1.807, 2.05) is 0 Å². The van der Waals surface area contributed by atoms with Crippen molar-refractivity contribution in [2.45, 2.75) is 49.8 Å². The highest BCUT2D eigenvalue weighted by atomic mass is 32.2. The number of aliphatic hydroxyl groups is 1. The van der Waals surface area contributed by atoms with E-state index in [0.29, 0.717) is 0 Å². The Bertz CT molecular complexity index is 1630. The van der Waals surface area contributed by atoms with Crippen LogP contribution in [0.15, 0.2) is 45.2 Å². The number of anilines is 1. The van der Waals surface area contributed by atoms with Gasteiger partial charge in [0.15, 0.2) is 16.5 Å². The maximum atomic E-state index is 13.7. The van der Waals surface area contributed by atoms with Gasteiger partial charge in [-0.15, -0.1) is 0 Å². The normalized spacial score (nSPS) is 18.9. The highest BCUT2D eigenvalue weighted by Crippen LogP contribution is 2.36. The first-order valence-corrected chi connectivity index (χ1v) is 15.7. The molecule has 0 saturated carbocycles. The lowest BCUT2D eigenvalue weighted by molar-refractivity contribution is 0.0389.